The fourth-order valence-electron chi connectivity index (χ4n) is 2.94. The zero-order chi connectivity index (χ0) is 19.5. The van der Waals surface area contributed by atoms with Gasteiger partial charge in [-0.1, -0.05) is 0 Å². The molecule has 8 heteroatoms. The topological polar surface area (TPSA) is 95.9 Å². The molecule has 148 valence electrons. The van der Waals surface area contributed by atoms with Crippen molar-refractivity contribution in [1.29, 1.82) is 0 Å². The number of amides is 1. The lowest BCUT2D eigenvalue weighted by Crippen LogP contribution is -2.47. The largest absolute Gasteiger partial charge is 0.466 e. The Morgan fingerprint density at radius 2 is 2.07 bits per heavy atom. The molecule has 2 heterocycles. The molecule has 1 aliphatic rings. The van der Waals surface area contributed by atoms with Crippen LogP contribution in [0.1, 0.15) is 37.0 Å². The minimum atomic E-state index is -0.154. The lowest BCUT2D eigenvalue weighted by Gasteiger charge is -2.33. The maximum Gasteiger partial charge on any atom is 0.309 e. The van der Waals surface area contributed by atoms with E-state index in [9.17, 15) is 9.59 Å². The Hall–Kier alpha value is -2.64. The maximum absolute atomic E-state index is 12.0. The number of likely N-dealkylation sites (tertiary alicyclic amines) is 1. The molecule has 8 nitrogen and oxygen atoms in total. The molecule has 0 aliphatic carbocycles. The highest BCUT2D eigenvalue weighted by molar-refractivity contribution is 5.93. The molecule has 1 fully saturated rings. The summed E-state index contributed by atoms with van der Waals surface area (Å²) >= 11 is 0. The first-order chi connectivity index (χ1) is 13.2. The van der Waals surface area contributed by atoms with E-state index in [-0.39, 0.29) is 17.8 Å². The second kappa shape index (κ2) is 11.2. The van der Waals surface area contributed by atoms with E-state index in [0.29, 0.717) is 25.3 Å². The van der Waals surface area contributed by atoms with E-state index in [2.05, 4.69) is 25.5 Å². The van der Waals surface area contributed by atoms with Crippen molar-refractivity contribution in [3.63, 3.8) is 0 Å². The summed E-state index contributed by atoms with van der Waals surface area (Å²) in [6.45, 7) is 7.48. The minimum Gasteiger partial charge on any atom is -0.466 e. The maximum atomic E-state index is 12.0. The highest BCUT2D eigenvalue weighted by Crippen LogP contribution is 2.18. The van der Waals surface area contributed by atoms with Gasteiger partial charge < -0.3 is 20.3 Å². The molecule has 1 saturated heterocycles. The van der Waals surface area contributed by atoms with Gasteiger partial charge in [0.1, 0.15) is 0 Å². The van der Waals surface area contributed by atoms with Crippen molar-refractivity contribution in [1.82, 2.24) is 20.5 Å². The normalized spacial score (nSPS) is 15.3. The van der Waals surface area contributed by atoms with Crippen molar-refractivity contribution in [3.05, 3.63) is 30.1 Å². The summed E-state index contributed by atoms with van der Waals surface area (Å²) in [7, 11) is 0. The number of esters is 1. The van der Waals surface area contributed by atoms with Gasteiger partial charge in [0.05, 0.1) is 24.6 Å². The first kappa shape index (κ1) is 20.7. The van der Waals surface area contributed by atoms with E-state index in [1.165, 1.54) is 6.20 Å². The van der Waals surface area contributed by atoms with E-state index in [1.807, 2.05) is 13.8 Å². The van der Waals surface area contributed by atoms with Crippen LogP contribution in [0.5, 0.6) is 0 Å². The molecule has 2 rings (SSSR count). The molecule has 0 unspecified atom stereocenters. The summed E-state index contributed by atoms with van der Waals surface area (Å²) in [5.74, 6) is 0.536. The minimum absolute atomic E-state index is 0.0251. The molecule has 0 radical (unpaired) electrons. The quantitative estimate of drug-likeness (QED) is 0.320. The van der Waals surface area contributed by atoms with Gasteiger partial charge in [-0.25, -0.2) is 0 Å². The monoisotopic (exact) mass is 375 g/mol. The molecule has 1 aromatic heterocycles. The van der Waals surface area contributed by atoms with E-state index in [1.54, 1.807) is 18.3 Å². The van der Waals surface area contributed by atoms with Crippen molar-refractivity contribution in [2.45, 2.75) is 26.7 Å². The number of piperidine rings is 1. The number of hydrogen-bond donors (Lipinski definition) is 2. The van der Waals surface area contributed by atoms with Gasteiger partial charge in [-0.2, -0.15) is 0 Å². The number of carbonyl (C=O) groups is 2. The number of nitrogens with one attached hydrogen (secondary N) is 2. The number of rotatable bonds is 7. The number of hydrogen-bond acceptors (Lipinski definition) is 5. The van der Waals surface area contributed by atoms with Crippen LogP contribution in [0.3, 0.4) is 0 Å². The molecule has 1 aromatic rings. The second-order valence-corrected chi connectivity index (χ2v) is 6.25. The van der Waals surface area contributed by atoms with Crippen LogP contribution in [-0.2, 0) is 9.53 Å². The van der Waals surface area contributed by atoms with Gasteiger partial charge >= 0.3 is 5.97 Å². The van der Waals surface area contributed by atoms with Crippen LogP contribution in [0, 0.1) is 5.92 Å². The van der Waals surface area contributed by atoms with Crippen molar-refractivity contribution in [2.75, 3.05) is 39.3 Å². The highest BCUT2D eigenvalue weighted by atomic mass is 16.5. The van der Waals surface area contributed by atoms with Crippen LogP contribution in [0.4, 0.5) is 0 Å². The van der Waals surface area contributed by atoms with Crippen molar-refractivity contribution >= 4 is 17.8 Å². The van der Waals surface area contributed by atoms with Crippen LogP contribution >= 0.6 is 0 Å². The zero-order valence-electron chi connectivity index (χ0n) is 16.1. The third-order valence-corrected chi connectivity index (χ3v) is 4.33. The highest BCUT2D eigenvalue weighted by Gasteiger charge is 2.27. The van der Waals surface area contributed by atoms with E-state index >= 15 is 0 Å². The number of ether oxygens (including phenoxy) is 1. The van der Waals surface area contributed by atoms with Gasteiger partial charge in [0, 0.05) is 38.6 Å². The first-order valence-electron chi connectivity index (χ1n) is 9.53. The van der Waals surface area contributed by atoms with Crippen LogP contribution < -0.4 is 10.6 Å². The average Bonchev–Trinajstić information content (AvgIpc) is 2.71. The number of guanidine groups is 1. The number of aromatic nitrogens is 1. The average molecular weight is 375 g/mol. The summed E-state index contributed by atoms with van der Waals surface area (Å²) < 4.78 is 5.11. The predicted molar refractivity (Wildman–Crippen MR) is 103 cm³/mol. The molecule has 0 spiro atoms. The SMILES string of the molecule is CCNC(=NCCNC(=O)c1cccnc1)N1CCC(C(=O)OCC)CC1. The fraction of sp³-hybridized carbons (Fsp3) is 0.579. The molecular weight excluding hydrogens is 346 g/mol. The smallest absolute Gasteiger partial charge is 0.309 e. The first-order valence-corrected chi connectivity index (χ1v) is 9.53. The molecule has 1 aliphatic heterocycles. The van der Waals surface area contributed by atoms with Gasteiger partial charge in [0.15, 0.2) is 5.96 Å². The summed E-state index contributed by atoms with van der Waals surface area (Å²) in [6, 6.07) is 3.46. The second-order valence-electron chi connectivity index (χ2n) is 6.25. The number of nitrogens with zero attached hydrogens (tertiary/aromatic N) is 3. The van der Waals surface area contributed by atoms with Gasteiger partial charge in [0.2, 0.25) is 0 Å². The Bertz CT molecular complexity index is 627. The Balaban J connectivity index is 1.80. The Morgan fingerprint density at radius 1 is 1.30 bits per heavy atom. The number of carbonyl (C=O) groups excluding carboxylic acids is 2. The third-order valence-electron chi connectivity index (χ3n) is 4.33. The van der Waals surface area contributed by atoms with Gasteiger partial charge in [-0.3, -0.25) is 19.6 Å². The van der Waals surface area contributed by atoms with Crippen LogP contribution in [0.25, 0.3) is 0 Å². The molecule has 2 N–H and O–H groups in total. The summed E-state index contributed by atoms with van der Waals surface area (Å²) in [5, 5.41) is 6.12. The lowest BCUT2D eigenvalue weighted by molar-refractivity contribution is -0.149. The van der Waals surface area contributed by atoms with E-state index in [4.69, 9.17) is 4.74 Å². The predicted octanol–water partition coefficient (Wildman–Crippen LogP) is 1.05. The number of pyridine rings is 1. The lowest BCUT2D eigenvalue weighted by atomic mass is 9.97. The molecule has 0 aromatic carbocycles. The molecular formula is C19H29N5O3. The molecule has 0 bridgehead atoms. The third kappa shape index (κ3) is 6.54. The Labute approximate surface area is 160 Å². The molecule has 1 amide bonds. The van der Waals surface area contributed by atoms with Crippen molar-refractivity contribution < 1.29 is 14.3 Å². The van der Waals surface area contributed by atoms with E-state index < -0.39 is 0 Å². The van der Waals surface area contributed by atoms with Gasteiger partial charge in [-0.05, 0) is 38.8 Å². The van der Waals surface area contributed by atoms with Crippen LogP contribution in [0.15, 0.2) is 29.5 Å². The van der Waals surface area contributed by atoms with Gasteiger partial charge in [-0.15, -0.1) is 0 Å². The van der Waals surface area contributed by atoms with Gasteiger partial charge in [0.25, 0.3) is 5.91 Å². The fourth-order valence-corrected chi connectivity index (χ4v) is 2.94. The van der Waals surface area contributed by atoms with Crippen LogP contribution in [0.2, 0.25) is 0 Å². The molecule has 0 saturated carbocycles. The zero-order valence-corrected chi connectivity index (χ0v) is 16.1. The van der Waals surface area contributed by atoms with E-state index in [0.717, 1.165) is 38.4 Å². The Morgan fingerprint density at radius 3 is 2.70 bits per heavy atom. The Kier molecular flexibility index (Phi) is 8.54. The summed E-state index contributed by atoms with van der Waals surface area (Å²) in [6.07, 6.45) is 4.70. The summed E-state index contributed by atoms with van der Waals surface area (Å²) in [4.78, 5) is 34.5. The molecule has 0 atom stereocenters. The number of aliphatic imine (C=N–C) groups is 1. The van der Waals surface area contributed by atoms with Crippen LogP contribution in [-0.4, -0.2) is 67.1 Å². The molecule has 27 heavy (non-hydrogen) atoms. The standard InChI is InChI=1S/C19H29N5O3/c1-3-21-19(24-12-7-15(8-13-24)18(26)27-4-2)23-11-10-22-17(25)16-6-5-9-20-14-16/h5-6,9,14-15H,3-4,7-8,10-13H2,1-2H3,(H,21,23)(H,22,25). The summed E-state index contributed by atoms with van der Waals surface area (Å²) in [5.41, 5.74) is 0.537. The van der Waals surface area contributed by atoms with Crippen molar-refractivity contribution in [2.24, 2.45) is 10.9 Å². The van der Waals surface area contributed by atoms with Crippen molar-refractivity contribution in [3.8, 4) is 0 Å².